The second-order valence-corrected chi connectivity index (χ2v) is 11.9. The molecule has 5 rings (SSSR count). The first-order valence-corrected chi connectivity index (χ1v) is 14.5. The first kappa shape index (κ1) is 27.9. The summed E-state index contributed by atoms with van der Waals surface area (Å²) in [6.45, 7) is 11.2. The minimum absolute atomic E-state index is 0.0738. The lowest BCUT2D eigenvalue weighted by molar-refractivity contribution is -0.133. The molecule has 0 aliphatic heterocycles. The summed E-state index contributed by atoms with van der Waals surface area (Å²) < 4.78 is 11.4. The molecule has 1 unspecified atom stereocenters. The van der Waals surface area contributed by atoms with Crippen LogP contribution in [0, 0.1) is 26.7 Å². The molecule has 3 aromatic heterocycles. The molecule has 40 heavy (non-hydrogen) atoms. The third kappa shape index (κ3) is 5.63. The van der Waals surface area contributed by atoms with Crippen molar-refractivity contribution in [1.29, 1.82) is 0 Å². The average molecular weight is 603 g/mol. The van der Waals surface area contributed by atoms with Gasteiger partial charge in [0.15, 0.2) is 0 Å². The van der Waals surface area contributed by atoms with Gasteiger partial charge in [-0.3, -0.25) is 4.79 Å². The van der Waals surface area contributed by atoms with E-state index < -0.39 is 0 Å². The number of carbonyl (C=O) groups excluding carboxylic acids is 1. The third-order valence-corrected chi connectivity index (χ3v) is 8.10. The maximum atomic E-state index is 13.5. The van der Waals surface area contributed by atoms with E-state index in [0.717, 1.165) is 43.7 Å². The van der Waals surface area contributed by atoms with Gasteiger partial charge in [0.25, 0.3) is 0 Å². The number of amides is 1. The van der Waals surface area contributed by atoms with E-state index in [-0.39, 0.29) is 17.9 Å². The van der Waals surface area contributed by atoms with Gasteiger partial charge in [0.05, 0.1) is 24.5 Å². The molecule has 0 N–H and O–H groups in total. The monoisotopic (exact) mass is 601 g/mol. The molecule has 0 saturated carbocycles. The number of furan rings is 1. The van der Waals surface area contributed by atoms with Crippen molar-refractivity contribution in [1.82, 2.24) is 24.5 Å². The molecule has 0 fully saturated rings. The minimum atomic E-state index is -0.160. The van der Waals surface area contributed by atoms with E-state index in [1.807, 2.05) is 54.0 Å². The summed E-state index contributed by atoms with van der Waals surface area (Å²) in [7, 11) is 1.88. The quantitative estimate of drug-likeness (QED) is 0.177. The summed E-state index contributed by atoms with van der Waals surface area (Å²) in [4.78, 5) is 15.3. The molecule has 0 bridgehead atoms. The fraction of sp³-hybridized carbons (Fsp3) is 0.344. The SMILES string of the molecule is Cc1cc(Br)cc2cc(C(C(C)C)N(C)C(=O)CCc3ccccc3-n3cc(Cn4c(C)ccc4C)nn3)oc12. The van der Waals surface area contributed by atoms with Gasteiger partial charge in [0.1, 0.15) is 17.0 Å². The van der Waals surface area contributed by atoms with E-state index in [0.29, 0.717) is 19.4 Å². The van der Waals surface area contributed by atoms with Crippen LogP contribution in [0.2, 0.25) is 0 Å². The fourth-order valence-electron chi connectivity index (χ4n) is 5.53. The largest absolute Gasteiger partial charge is 0.459 e. The number of halogens is 1. The van der Waals surface area contributed by atoms with Crippen LogP contribution in [0.15, 0.2) is 69.7 Å². The molecule has 1 amide bonds. The molecule has 1 atom stereocenters. The smallest absolute Gasteiger partial charge is 0.223 e. The topological polar surface area (TPSA) is 69.1 Å². The van der Waals surface area contributed by atoms with Crippen LogP contribution < -0.4 is 0 Å². The van der Waals surface area contributed by atoms with Crippen molar-refractivity contribution in [2.75, 3.05) is 7.05 Å². The summed E-state index contributed by atoms with van der Waals surface area (Å²) in [5, 5.41) is 9.88. The van der Waals surface area contributed by atoms with Crippen molar-refractivity contribution >= 4 is 32.8 Å². The highest BCUT2D eigenvalue weighted by Crippen LogP contribution is 2.35. The lowest BCUT2D eigenvalue weighted by Gasteiger charge is -2.30. The molecule has 0 aliphatic carbocycles. The molecule has 3 heterocycles. The van der Waals surface area contributed by atoms with Crippen molar-refractivity contribution in [3.63, 3.8) is 0 Å². The van der Waals surface area contributed by atoms with Gasteiger partial charge in [0.2, 0.25) is 5.91 Å². The first-order chi connectivity index (χ1) is 19.1. The van der Waals surface area contributed by atoms with Crippen molar-refractivity contribution in [3.8, 4) is 5.69 Å². The van der Waals surface area contributed by atoms with Crippen LogP contribution in [0.1, 0.15) is 60.3 Å². The minimum Gasteiger partial charge on any atom is -0.459 e. The number of nitrogens with zero attached hydrogens (tertiary/aromatic N) is 5. The zero-order valence-corrected chi connectivity index (χ0v) is 25.6. The molecule has 0 aliphatic rings. The Balaban J connectivity index is 1.32. The highest BCUT2D eigenvalue weighted by molar-refractivity contribution is 9.10. The van der Waals surface area contributed by atoms with E-state index in [1.165, 1.54) is 11.4 Å². The maximum absolute atomic E-state index is 13.5. The molecule has 208 valence electrons. The van der Waals surface area contributed by atoms with Crippen LogP contribution >= 0.6 is 15.9 Å². The number of hydrogen-bond donors (Lipinski definition) is 0. The number of carbonyl (C=O) groups is 1. The Bertz CT molecular complexity index is 1640. The average Bonchev–Trinajstić information content (AvgIpc) is 3.63. The van der Waals surface area contributed by atoms with Gasteiger partial charge in [-0.15, -0.1) is 5.10 Å². The van der Waals surface area contributed by atoms with E-state index in [4.69, 9.17) is 4.42 Å². The molecule has 0 spiro atoms. The maximum Gasteiger partial charge on any atom is 0.223 e. The van der Waals surface area contributed by atoms with E-state index in [2.05, 4.69) is 88.8 Å². The standard InChI is InChI=1S/C32H36BrN5O2/c1-20(2)31(29-17-25-16-26(33)15-21(3)32(25)40-29)36(6)30(39)14-13-24-9-7-8-10-28(24)38-19-27(34-35-38)18-37-22(4)11-12-23(37)5/h7-12,15-17,19-20,31H,13-14,18H2,1-6H3. The first-order valence-electron chi connectivity index (χ1n) is 13.7. The number of para-hydroxylation sites is 1. The molecule has 2 aromatic carbocycles. The van der Waals surface area contributed by atoms with Crippen LogP contribution in [-0.4, -0.2) is 37.4 Å². The Morgan fingerprint density at radius 1 is 1.05 bits per heavy atom. The van der Waals surface area contributed by atoms with Crippen LogP contribution in [0.4, 0.5) is 0 Å². The Morgan fingerprint density at radius 2 is 1.77 bits per heavy atom. The molecule has 8 heteroatoms. The predicted molar refractivity (Wildman–Crippen MR) is 162 cm³/mol. The normalized spacial score (nSPS) is 12.4. The molecule has 0 radical (unpaired) electrons. The Hall–Kier alpha value is -3.65. The summed E-state index contributed by atoms with van der Waals surface area (Å²) in [6.07, 6.45) is 2.95. The zero-order chi connectivity index (χ0) is 28.6. The summed E-state index contributed by atoms with van der Waals surface area (Å²) in [6, 6.07) is 18.3. The Morgan fingerprint density at radius 3 is 2.50 bits per heavy atom. The third-order valence-electron chi connectivity index (χ3n) is 7.64. The van der Waals surface area contributed by atoms with Crippen molar-refractivity contribution in [3.05, 3.63) is 99.2 Å². The number of hydrogen-bond acceptors (Lipinski definition) is 4. The van der Waals surface area contributed by atoms with Gasteiger partial charge >= 0.3 is 0 Å². The van der Waals surface area contributed by atoms with Crippen LogP contribution in [0.25, 0.3) is 16.7 Å². The van der Waals surface area contributed by atoms with E-state index in [1.54, 1.807) is 0 Å². The number of fused-ring (bicyclic) bond motifs is 1. The lowest BCUT2D eigenvalue weighted by atomic mass is 9.99. The summed E-state index contributed by atoms with van der Waals surface area (Å²) in [5.41, 5.74) is 7.21. The number of rotatable bonds is 9. The van der Waals surface area contributed by atoms with Gasteiger partial charge < -0.3 is 13.9 Å². The Kier molecular flexibility index (Phi) is 7.99. The highest BCUT2D eigenvalue weighted by atomic mass is 79.9. The summed E-state index contributed by atoms with van der Waals surface area (Å²) in [5.74, 6) is 1.07. The number of aromatic nitrogens is 4. The fourth-order valence-corrected chi connectivity index (χ4v) is 6.12. The zero-order valence-electron chi connectivity index (χ0n) is 24.0. The van der Waals surface area contributed by atoms with Crippen molar-refractivity contribution in [2.24, 2.45) is 5.92 Å². The van der Waals surface area contributed by atoms with Crippen LogP contribution in [0.3, 0.4) is 0 Å². The molecule has 7 nitrogen and oxygen atoms in total. The van der Waals surface area contributed by atoms with E-state index in [9.17, 15) is 4.79 Å². The second kappa shape index (κ2) is 11.5. The van der Waals surface area contributed by atoms with Gasteiger partial charge in [-0.1, -0.05) is 53.2 Å². The highest BCUT2D eigenvalue weighted by Gasteiger charge is 2.28. The number of benzene rings is 2. The molecular weight excluding hydrogens is 566 g/mol. The molecule has 5 aromatic rings. The Labute approximate surface area is 243 Å². The van der Waals surface area contributed by atoms with Gasteiger partial charge in [-0.05, 0) is 80.6 Å². The van der Waals surface area contributed by atoms with Gasteiger partial charge in [0, 0.05) is 34.7 Å². The lowest BCUT2D eigenvalue weighted by Crippen LogP contribution is -2.34. The van der Waals surface area contributed by atoms with Crippen molar-refractivity contribution in [2.45, 2.75) is 60.0 Å². The predicted octanol–water partition coefficient (Wildman–Crippen LogP) is 7.34. The molecular formula is C32H36BrN5O2. The molecule has 0 saturated heterocycles. The van der Waals surface area contributed by atoms with Gasteiger partial charge in [-0.2, -0.15) is 0 Å². The van der Waals surface area contributed by atoms with Crippen molar-refractivity contribution < 1.29 is 9.21 Å². The van der Waals surface area contributed by atoms with Crippen LogP contribution in [0.5, 0.6) is 0 Å². The van der Waals surface area contributed by atoms with Crippen LogP contribution in [-0.2, 0) is 17.8 Å². The second-order valence-electron chi connectivity index (χ2n) is 11.0. The number of aryl methyl sites for hydroxylation is 4. The van der Waals surface area contributed by atoms with E-state index >= 15 is 0 Å². The summed E-state index contributed by atoms with van der Waals surface area (Å²) >= 11 is 3.58. The van der Waals surface area contributed by atoms with Gasteiger partial charge in [-0.25, -0.2) is 4.68 Å².